The maximum absolute atomic E-state index is 4.86. The molecule has 0 aliphatic heterocycles. The summed E-state index contributed by atoms with van der Waals surface area (Å²) in [6.45, 7) is 6.50. The summed E-state index contributed by atoms with van der Waals surface area (Å²) in [5.41, 5.74) is 0. The predicted molar refractivity (Wildman–Crippen MR) is 29.6 cm³/mol. The molecular formula is C6H9OY-. The fourth-order valence-electron chi connectivity index (χ4n) is 0.204. The Kier molecular flexibility index (Phi) is 14.8. The van der Waals surface area contributed by atoms with Crippen molar-refractivity contribution in [1.82, 2.24) is 0 Å². The average Bonchev–Trinajstić information content (AvgIpc) is 1.69. The van der Waals surface area contributed by atoms with Crippen LogP contribution in [0.25, 0.3) is 0 Å². The maximum Gasteiger partial charge on any atom is 0.0428 e. The molecule has 0 spiro atoms. The molecule has 1 radical (unpaired) electrons. The molecule has 0 unspecified atom stereocenters. The van der Waals surface area contributed by atoms with E-state index < -0.39 is 0 Å². The van der Waals surface area contributed by atoms with Gasteiger partial charge in [-0.05, 0) is 6.92 Å². The van der Waals surface area contributed by atoms with Gasteiger partial charge in [0.1, 0.15) is 0 Å². The van der Waals surface area contributed by atoms with Gasteiger partial charge in [-0.1, -0.05) is 0 Å². The first-order valence-corrected chi connectivity index (χ1v) is 2.24. The van der Waals surface area contributed by atoms with Gasteiger partial charge in [0, 0.05) is 45.9 Å². The summed E-state index contributed by atoms with van der Waals surface area (Å²) in [5.74, 6) is 5.14. The quantitative estimate of drug-likeness (QED) is 0.353. The van der Waals surface area contributed by atoms with Crippen molar-refractivity contribution in [2.24, 2.45) is 0 Å². The second-order valence-electron chi connectivity index (χ2n) is 0.991. The van der Waals surface area contributed by atoms with Gasteiger partial charge in [-0.25, -0.2) is 0 Å². The molecule has 0 heterocycles. The Labute approximate surface area is 76.1 Å². The fourth-order valence-corrected chi connectivity index (χ4v) is 0.204. The van der Waals surface area contributed by atoms with Crippen molar-refractivity contribution in [3.05, 3.63) is 6.92 Å². The third-order valence-electron chi connectivity index (χ3n) is 0.503. The van der Waals surface area contributed by atoms with Crippen LogP contribution in [0.2, 0.25) is 0 Å². The van der Waals surface area contributed by atoms with E-state index in [4.69, 9.17) is 4.74 Å². The van der Waals surface area contributed by atoms with Crippen molar-refractivity contribution >= 4 is 0 Å². The zero-order valence-electron chi connectivity index (χ0n) is 5.11. The number of rotatable bonds is 2. The predicted octanol–water partition coefficient (Wildman–Crippen LogP) is 0.858. The van der Waals surface area contributed by atoms with E-state index in [1.807, 2.05) is 6.92 Å². The van der Waals surface area contributed by atoms with E-state index in [1.54, 1.807) is 0 Å². The molecule has 0 aromatic carbocycles. The molecule has 0 aliphatic carbocycles. The summed E-state index contributed by atoms with van der Waals surface area (Å²) in [4.78, 5) is 0. The molecule has 0 atom stereocenters. The minimum atomic E-state index is 0. The Morgan fingerprint density at radius 2 is 2.25 bits per heavy atom. The van der Waals surface area contributed by atoms with E-state index in [0.717, 1.165) is 6.61 Å². The van der Waals surface area contributed by atoms with Gasteiger partial charge in [0.2, 0.25) is 0 Å². The summed E-state index contributed by atoms with van der Waals surface area (Å²) < 4.78 is 4.86. The van der Waals surface area contributed by atoms with Crippen LogP contribution >= 0.6 is 0 Å². The summed E-state index contributed by atoms with van der Waals surface area (Å²) in [5, 5.41) is 0. The molecule has 2 heteroatoms. The third-order valence-corrected chi connectivity index (χ3v) is 0.503. The van der Waals surface area contributed by atoms with E-state index >= 15 is 0 Å². The molecule has 0 aromatic rings. The Balaban J connectivity index is 0. The van der Waals surface area contributed by atoms with E-state index in [2.05, 4.69) is 18.8 Å². The average molecular weight is 186 g/mol. The number of ether oxygens (including phenoxy) is 1. The SMILES string of the molecule is [CH2-]C#CCOCC.[Y]. The Hall–Kier alpha value is 0.494. The summed E-state index contributed by atoms with van der Waals surface area (Å²) in [6.07, 6.45) is 0. The van der Waals surface area contributed by atoms with E-state index in [1.165, 1.54) is 0 Å². The van der Waals surface area contributed by atoms with E-state index in [0.29, 0.717) is 6.61 Å². The van der Waals surface area contributed by atoms with Gasteiger partial charge in [0.25, 0.3) is 0 Å². The maximum atomic E-state index is 4.86. The molecule has 0 aliphatic rings. The molecule has 0 fully saturated rings. The first-order valence-electron chi connectivity index (χ1n) is 2.24. The summed E-state index contributed by atoms with van der Waals surface area (Å²) in [7, 11) is 0. The smallest absolute Gasteiger partial charge is 0.0428 e. The van der Waals surface area contributed by atoms with Crippen molar-refractivity contribution in [3.63, 3.8) is 0 Å². The van der Waals surface area contributed by atoms with Crippen molar-refractivity contribution in [1.29, 1.82) is 0 Å². The number of hydrogen-bond acceptors (Lipinski definition) is 1. The van der Waals surface area contributed by atoms with E-state index in [-0.39, 0.29) is 32.7 Å². The molecule has 0 N–H and O–H groups in total. The Morgan fingerprint density at radius 1 is 1.62 bits per heavy atom. The minimum Gasteiger partial charge on any atom is -0.389 e. The van der Waals surface area contributed by atoms with Crippen LogP contribution in [0.15, 0.2) is 0 Å². The van der Waals surface area contributed by atoms with Crippen LogP contribution in [0.5, 0.6) is 0 Å². The van der Waals surface area contributed by atoms with Crippen molar-refractivity contribution in [2.75, 3.05) is 13.2 Å². The third kappa shape index (κ3) is 9.71. The molecule has 0 aromatic heterocycles. The van der Waals surface area contributed by atoms with Crippen molar-refractivity contribution < 1.29 is 37.4 Å². The first-order chi connectivity index (χ1) is 3.41. The fraction of sp³-hybridized carbons (Fsp3) is 0.500. The van der Waals surface area contributed by atoms with Crippen LogP contribution in [0.1, 0.15) is 6.92 Å². The molecule has 0 bridgehead atoms. The van der Waals surface area contributed by atoms with Crippen LogP contribution in [-0.2, 0) is 37.4 Å². The zero-order valence-corrected chi connectivity index (χ0v) is 7.95. The van der Waals surface area contributed by atoms with Crippen LogP contribution in [0.3, 0.4) is 0 Å². The molecule has 43 valence electrons. The minimum absolute atomic E-state index is 0. The molecule has 1 nitrogen and oxygen atoms in total. The van der Waals surface area contributed by atoms with Crippen LogP contribution in [-0.4, -0.2) is 13.2 Å². The van der Waals surface area contributed by atoms with E-state index in [9.17, 15) is 0 Å². The van der Waals surface area contributed by atoms with Gasteiger partial charge in [0.05, 0.1) is 0 Å². The van der Waals surface area contributed by atoms with Crippen LogP contribution in [0, 0.1) is 18.8 Å². The molecule has 0 saturated heterocycles. The normalized spacial score (nSPS) is 6.12. The van der Waals surface area contributed by atoms with Crippen molar-refractivity contribution in [3.8, 4) is 11.8 Å². The van der Waals surface area contributed by atoms with Crippen LogP contribution < -0.4 is 0 Å². The first kappa shape index (κ1) is 11.3. The van der Waals surface area contributed by atoms with Gasteiger partial charge >= 0.3 is 0 Å². The van der Waals surface area contributed by atoms with Gasteiger partial charge in [0.15, 0.2) is 0 Å². The Bertz CT molecular complexity index is 80.3. The monoisotopic (exact) mass is 186 g/mol. The zero-order chi connectivity index (χ0) is 5.54. The topological polar surface area (TPSA) is 9.23 Å². The molecule has 0 saturated carbocycles. The standard InChI is InChI=1S/C6H9O.Y/c1-3-5-6-7-4-2;/h1,4,6H2,2H3;/q-1;. The molecule has 0 rings (SSSR count). The second-order valence-corrected chi connectivity index (χ2v) is 0.991. The van der Waals surface area contributed by atoms with Gasteiger partial charge < -0.3 is 10.7 Å². The largest absolute Gasteiger partial charge is 0.389 e. The second kappa shape index (κ2) is 10.5. The van der Waals surface area contributed by atoms with Gasteiger partial charge in [-0.2, -0.15) is 6.92 Å². The Morgan fingerprint density at radius 3 is 2.62 bits per heavy atom. The summed E-state index contributed by atoms with van der Waals surface area (Å²) in [6, 6.07) is 0. The molecule has 0 amide bonds. The van der Waals surface area contributed by atoms with Crippen LogP contribution in [0.4, 0.5) is 0 Å². The molecular weight excluding hydrogens is 177 g/mol. The molecule has 8 heavy (non-hydrogen) atoms. The van der Waals surface area contributed by atoms with Gasteiger partial charge in [-0.3, -0.25) is 5.92 Å². The van der Waals surface area contributed by atoms with Crippen molar-refractivity contribution in [2.45, 2.75) is 6.92 Å². The number of hydrogen-bond donors (Lipinski definition) is 0. The summed E-state index contributed by atoms with van der Waals surface area (Å²) >= 11 is 0. The van der Waals surface area contributed by atoms with Gasteiger partial charge in [-0.15, -0.1) is 0 Å².